The Bertz CT molecular complexity index is 839. The van der Waals surface area contributed by atoms with Crippen molar-refractivity contribution in [3.05, 3.63) is 60.2 Å². The van der Waals surface area contributed by atoms with E-state index < -0.39 is 23.2 Å². The van der Waals surface area contributed by atoms with E-state index in [0.717, 1.165) is 16.7 Å². The van der Waals surface area contributed by atoms with Crippen molar-refractivity contribution in [1.29, 1.82) is 0 Å². The number of benzene rings is 2. The quantitative estimate of drug-likeness (QED) is 0.815. The van der Waals surface area contributed by atoms with Crippen molar-refractivity contribution in [3.8, 4) is 11.1 Å². The minimum Gasteiger partial charge on any atom is -0.548 e. The zero-order valence-electron chi connectivity index (χ0n) is 16.6. The lowest BCUT2D eigenvalue weighted by Crippen LogP contribution is -2.60. The van der Waals surface area contributed by atoms with E-state index in [1.165, 1.54) is 4.90 Å². The third kappa shape index (κ3) is 4.19. The zero-order chi connectivity index (χ0) is 20.4. The van der Waals surface area contributed by atoms with E-state index in [1.54, 1.807) is 20.8 Å². The summed E-state index contributed by atoms with van der Waals surface area (Å²) in [5, 5.41) is 12.1. The number of hydrogen-bond donors (Lipinski definition) is 0. The van der Waals surface area contributed by atoms with Gasteiger partial charge in [-0.05, 0) is 50.3 Å². The summed E-state index contributed by atoms with van der Waals surface area (Å²) in [5.41, 5.74) is 0.937. The zero-order valence-corrected chi connectivity index (χ0v) is 16.6. The van der Waals surface area contributed by atoms with E-state index >= 15 is 0 Å². The number of carbonyl (C=O) groups excluding carboxylic acids is 2. The van der Waals surface area contributed by atoms with E-state index in [2.05, 4.69) is 0 Å². The number of likely N-dealkylation sites (tertiary alicyclic amines) is 1. The molecule has 1 aliphatic heterocycles. The maximum atomic E-state index is 12.6. The van der Waals surface area contributed by atoms with Gasteiger partial charge >= 0.3 is 6.09 Å². The Hall–Kier alpha value is -2.82. The first-order valence-electron chi connectivity index (χ1n) is 9.58. The first-order chi connectivity index (χ1) is 13.2. The summed E-state index contributed by atoms with van der Waals surface area (Å²) in [6.07, 6.45) is 0.559. The number of carboxylic acid groups (broad SMARTS) is 1. The predicted octanol–water partition coefficient (Wildman–Crippen LogP) is 3.42. The monoisotopic (exact) mass is 380 g/mol. The molecule has 148 valence electrons. The molecule has 3 rings (SSSR count). The highest BCUT2D eigenvalue weighted by Crippen LogP contribution is 2.34. The highest BCUT2D eigenvalue weighted by atomic mass is 16.6. The molecule has 0 saturated carbocycles. The molecule has 2 aromatic rings. The molecular weight excluding hydrogens is 354 g/mol. The maximum absolute atomic E-state index is 12.6. The molecule has 0 aliphatic carbocycles. The Kier molecular flexibility index (Phi) is 5.45. The van der Waals surface area contributed by atoms with Crippen molar-refractivity contribution in [2.24, 2.45) is 0 Å². The Morgan fingerprint density at radius 2 is 1.64 bits per heavy atom. The molecule has 0 spiro atoms. The molecule has 1 heterocycles. The van der Waals surface area contributed by atoms with Gasteiger partial charge in [-0.25, -0.2) is 4.79 Å². The molecule has 0 aromatic heterocycles. The molecule has 2 aromatic carbocycles. The maximum Gasteiger partial charge on any atom is 0.411 e. The number of aliphatic carboxylic acids is 1. The van der Waals surface area contributed by atoms with Crippen LogP contribution in [0.15, 0.2) is 54.6 Å². The molecule has 5 nitrogen and oxygen atoms in total. The number of amides is 1. The second kappa shape index (κ2) is 7.66. The lowest BCUT2D eigenvalue weighted by molar-refractivity contribution is -0.317. The fourth-order valence-electron chi connectivity index (χ4n) is 3.71. The van der Waals surface area contributed by atoms with Crippen LogP contribution in [-0.2, 0) is 16.0 Å². The molecule has 1 fully saturated rings. The normalized spacial score (nSPS) is 19.5. The van der Waals surface area contributed by atoms with Gasteiger partial charge in [0.1, 0.15) is 5.60 Å². The van der Waals surface area contributed by atoms with E-state index in [-0.39, 0.29) is 6.42 Å². The molecule has 28 heavy (non-hydrogen) atoms. The lowest BCUT2D eigenvalue weighted by Gasteiger charge is -2.40. The van der Waals surface area contributed by atoms with Gasteiger partial charge in [0.25, 0.3) is 0 Å². The van der Waals surface area contributed by atoms with Crippen molar-refractivity contribution < 1.29 is 19.4 Å². The SMILES string of the molecule is CC(C)(C)OC(=O)N1CCC[C@]1(Cc1ccc(-c2ccccc2)cc1)C(=O)[O-]. The summed E-state index contributed by atoms with van der Waals surface area (Å²) >= 11 is 0. The summed E-state index contributed by atoms with van der Waals surface area (Å²) < 4.78 is 5.44. The van der Waals surface area contributed by atoms with Gasteiger partial charge in [-0.1, -0.05) is 54.6 Å². The van der Waals surface area contributed by atoms with Crippen LogP contribution in [0.5, 0.6) is 0 Å². The van der Waals surface area contributed by atoms with Crippen LogP contribution in [0, 0.1) is 0 Å². The van der Waals surface area contributed by atoms with Crippen LogP contribution in [0.2, 0.25) is 0 Å². The van der Waals surface area contributed by atoms with Crippen molar-refractivity contribution >= 4 is 12.1 Å². The topological polar surface area (TPSA) is 69.7 Å². The summed E-state index contributed by atoms with van der Waals surface area (Å²) in [4.78, 5) is 26.1. The average Bonchev–Trinajstić information content (AvgIpc) is 3.07. The molecule has 0 bridgehead atoms. The van der Waals surface area contributed by atoms with Gasteiger partial charge in [0.15, 0.2) is 0 Å². The van der Waals surface area contributed by atoms with Crippen molar-refractivity contribution in [3.63, 3.8) is 0 Å². The summed E-state index contributed by atoms with van der Waals surface area (Å²) in [5.74, 6) is -1.23. The fraction of sp³-hybridized carbons (Fsp3) is 0.391. The number of rotatable bonds is 4. The average molecular weight is 380 g/mol. The van der Waals surface area contributed by atoms with E-state index in [9.17, 15) is 14.7 Å². The molecule has 1 atom stereocenters. The van der Waals surface area contributed by atoms with Crippen molar-refractivity contribution in [2.75, 3.05) is 6.54 Å². The highest BCUT2D eigenvalue weighted by Gasteiger charge is 2.46. The third-order valence-corrected chi connectivity index (χ3v) is 5.04. The van der Waals surface area contributed by atoms with Crippen LogP contribution >= 0.6 is 0 Å². The van der Waals surface area contributed by atoms with Crippen LogP contribution in [0.4, 0.5) is 4.79 Å². The largest absolute Gasteiger partial charge is 0.548 e. The van der Waals surface area contributed by atoms with Gasteiger partial charge in [-0.2, -0.15) is 0 Å². The van der Waals surface area contributed by atoms with Crippen LogP contribution in [0.1, 0.15) is 39.2 Å². The fourth-order valence-corrected chi connectivity index (χ4v) is 3.71. The van der Waals surface area contributed by atoms with Crippen LogP contribution < -0.4 is 5.11 Å². The van der Waals surface area contributed by atoms with Gasteiger partial charge in [0, 0.05) is 13.0 Å². The second-order valence-corrected chi connectivity index (χ2v) is 8.29. The van der Waals surface area contributed by atoms with E-state index in [0.29, 0.717) is 19.4 Å². The van der Waals surface area contributed by atoms with E-state index in [4.69, 9.17) is 4.74 Å². The minimum atomic E-state index is -1.38. The Balaban J connectivity index is 1.84. The molecule has 1 aliphatic rings. The van der Waals surface area contributed by atoms with Gasteiger partial charge in [-0.15, -0.1) is 0 Å². The second-order valence-electron chi connectivity index (χ2n) is 8.29. The summed E-state index contributed by atoms with van der Waals surface area (Å²) in [6, 6.07) is 17.7. The Morgan fingerprint density at radius 1 is 1.04 bits per heavy atom. The van der Waals surface area contributed by atoms with Crippen LogP contribution in [-0.4, -0.2) is 34.6 Å². The number of hydrogen-bond acceptors (Lipinski definition) is 4. The van der Waals surface area contributed by atoms with Gasteiger partial charge in [0.2, 0.25) is 0 Å². The molecule has 0 unspecified atom stereocenters. The molecular formula is C23H26NO4-. The minimum absolute atomic E-state index is 0.198. The first kappa shape index (κ1) is 19.9. The van der Waals surface area contributed by atoms with Crippen LogP contribution in [0.25, 0.3) is 11.1 Å². The first-order valence-corrected chi connectivity index (χ1v) is 9.58. The molecule has 0 N–H and O–H groups in total. The summed E-state index contributed by atoms with van der Waals surface area (Å²) in [7, 11) is 0. The molecule has 1 amide bonds. The number of carboxylic acids is 1. The molecule has 5 heteroatoms. The van der Waals surface area contributed by atoms with Gasteiger partial charge in [0.05, 0.1) is 11.5 Å². The summed E-state index contributed by atoms with van der Waals surface area (Å²) in [6.45, 7) is 5.66. The standard InChI is InChI=1S/C23H27NO4/c1-22(2,3)28-21(27)24-15-7-14-23(24,20(25)26)16-17-10-12-19(13-11-17)18-8-5-4-6-9-18/h4-6,8-13H,7,14-16H2,1-3H3,(H,25,26)/p-1/t23-/m0/s1. The molecule has 0 radical (unpaired) electrons. The number of nitrogens with zero attached hydrogens (tertiary/aromatic N) is 1. The van der Waals surface area contributed by atoms with Gasteiger partial charge in [-0.3, -0.25) is 4.90 Å². The van der Waals surface area contributed by atoms with Crippen molar-refractivity contribution in [1.82, 2.24) is 4.90 Å². The van der Waals surface area contributed by atoms with E-state index in [1.807, 2.05) is 54.6 Å². The van der Waals surface area contributed by atoms with Crippen molar-refractivity contribution in [2.45, 2.75) is 51.2 Å². The number of carbonyl (C=O) groups is 2. The number of ether oxygens (including phenoxy) is 1. The smallest absolute Gasteiger partial charge is 0.411 e. The third-order valence-electron chi connectivity index (χ3n) is 5.04. The lowest BCUT2D eigenvalue weighted by atomic mass is 9.87. The van der Waals surface area contributed by atoms with Gasteiger partial charge < -0.3 is 14.6 Å². The Morgan fingerprint density at radius 3 is 2.21 bits per heavy atom. The van der Waals surface area contributed by atoms with Crippen LogP contribution in [0.3, 0.4) is 0 Å². The highest BCUT2D eigenvalue weighted by molar-refractivity contribution is 5.84. The Labute approximate surface area is 165 Å². The molecule has 1 saturated heterocycles. The predicted molar refractivity (Wildman–Crippen MR) is 105 cm³/mol.